The molecule has 0 atom stereocenters. The van der Waals surface area contributed by atoms with Crippen LogP contribution in [0.4, 0.5) is 5.82 Å². The van der Waals surface area contributed by atoms with Crippen LogP contribution in [0.5, 0.6) is 0 Å². The first kappa shape index (κ1) is 21.0. The smallest absolute Gasteiger partial charge is 0.349 e. The molecule has 3 heterocycles. The third kappa shape index (κ3) is 4.29. The Hall–Kier alpha value is -2.22. The zero-order valence-electron chi connectivity index (χ0n) is 17.4. The van der Waals surface area contributed by atoms with E-state index in [0.717, 1.165) is 48.3 Å². The lowest BCUT2D eigenvalue weighted by Crippen LogP contribution is -2.42. The van der Waals surface area contributed by atoms with Crippen LogP contribution in [0.25, 0.3) is 10.2 Å². The zero-order valence-corrected chi connectivity index (χ0v) is 19.0. The summed E-state index contributed by atoms with van der Waals surface area (Å²) in [5.74, 6) is 0.443. The molecule has 0 N–H and O–H groups in total. The fraction of sp³-hybridized carbons (Fsp3) is 0.409. The number of benzene rings is 1. The molecule has 0 saturated carbocycles. The van der Waals surface area contributed by atoms with E-state index in [9.17, 15) is 4.79 Å². The molecule has 1 aliphatic rings. The number of anilines is 1. The minimum Gasteiger partial charge on any atom is -0.457 e. The average Bonchev–Trinajstić information content (AvgIpc) is 3.08. The number of ether oxygens (including phenoxy) is 1. The second-order valence-corrected chi connectivity index (χ2v) is 9.10. The van der Waals surface area contributed by atoms with Crippen LogP contribution in [-0.2, 0) is 11.3 Å². The maximum atomic E-state index is 12.8. The van der Waals surface area contributed by atoms with Crippen LogP contribution in [0, 0.1) is 6.92 Å². The van der Waals surface area contributed by atoms with Gasteiger partial charge < -0.3 is 14.5 Å². The number of fused-ring (bicyclic) bond motifs is 1. The molecule has 1 aromatic carbocycles. The van der Waals surface area contributed by atoms with Gasteiger partial charge in [0.1, 0.15) is 22.1 Å². The van der Waals surface area contributed by atoms with Crippen molar-refractivity contribution in [1.82, 2.24) is 14.9 Å². The number of hydrogen-bond acceptors (Lipinski definition) is 7. The molecule has 1 aliphatic heterocycles. The first-order valence-electron chi connectivity index (χ1n) is 10.0. The summed E-state index contributed by atoms with van der Waals surface area (Å²) in [6.45, 7) is 4.27. The Balaban J connectivity index is 1.63. The summed E-state index contributed by atoms with van der Waals surface area (Å²) >= 11 is 7.56. The monoisotopic (exact) mass is 444 g/mol. The van der Waals surface area contributed by atoms with Crippen molar-refractivity contribution in [2.45, 2.75) is 32.4 Å². The van der Waals surface area contributed by atoms with Crippen LogP contribution in [0.1, 0.15) is 33.6 Å². The van der Waals surface area contributed by atoms with E-state index in [1.807, 2.05) is 37.3 Å². The van der Waals surface area contributed by atoms with Crippen molar-refractivity contribution < 1.29 is 9.53 Å². The van der Waals surface area contributed by atoms with Crippen molar-refractivity contribution in [2.75, 3.05) is 32.1 Å². The van der Waals surface area contributed by atoms with Gasteiger partial charge in [0, 0.05) is 13.1 Å². The van der Waals surface area contributed by atoms with Crippen LogP contribution in [0.2, 0.25) is 5.28 Å². The highest BCUT2D eigenvalue weighted by molar-refractivity contribution is 7.20. The van der Waals surface area contributed by atoms with E-state index in [1.54, 1.807) is 0 Å². The molecular weight excluding hydrogens is 420 g/mol. The van der Waals surface area contributed by atoms with Gasteiger partial charge in [-0.15, -0.1) is 11.3 Å². The Kier molecular flexibility index (Phi) is 6.22. The van der Waals surface area contributed by atoms with Crippen molar-refractivity contribution in [2.24, 2.45) is 0 Å². The summed E-state index contributed by atoms with van der Waals surface area (Å²) in [4.78, 5) is 27.5. The van der Waals surface area contributed by atoms with Crippen LogP contribution in [-0.4, -0.2) is 54.1 Å². The number of rotatable bonds is 5. The van der Waals surface area contributed by atoms with Crippen LogP contribution >= 0.6 is 22.9 Å². The number of halogens is 1. The van der Waals surface area contributed by atoms with Gasteiger partial charge in [0.15, 0.2) is 0 Å². The van der Waals surface area contributed by atoms with Crippen molar-refractivity contribution in [3.8, 4) is 0 Å². The van der Waals surface area contributed by atoms with Crippen LogP contribution in [0.3, 0.4) is 0 Å². The second-order valence-electron chi connectivity index (χ2n) is 7.76. The molecule has 0 aliphatic carbocycles. The van der Waals surface area contributed by atoms with Crippen molar-refractivity contribution >= 4 is 44.9 Å². The summed E-state index contributed by atoms with van der Waals surface area (Å²) in [7, 11) is 4.20. The number of hydrogen-bond donors (Lipinski definition) is 0. The third-order valence-electron chi connectivity index (χ3n) is 5.71. The third-order valence-corrected chi connectivity index (χ3v) is 7.05. The minimum absolute atomic E-state index is 0.197. The predicted octanol–water partition coefficient (Wildman–Crippen LogP) is 4.54. The number of carbonyl (C=O) groups is 1. The van der Waals surface area contributed by atoms with E-state index in [4.69, 9.17) is 16.3 Å². The number of aromatic nitrogens is 2. The number of esters is 1. The van der Waals surface area contributed by atoms with E-state index < -0.39 is 0 Å². The van der Waals surface area contributed by atoms with Gasteiger partial charge in [-0.25, -0.2) is 9.78 Å². The highest BCUT2D eigenvalue weighted by atomic mass is 35.5. The Morgan fingerprint density at radius 2 is 1.97 bits per heavy atom. The molecule has 0 unspecified atom stereocenters. The summed E-state index contributed by atoms with van der Waals surface area (Å²) in [6.07, 6.45) is 2.12. The molecule has 158 valence electrons. The fourth-order valence-electron chi connectivity index (χ4n) is 3.89. The molecule has 0 amide bonds. The first-order valence-corrected chi connectivity index (χ1v) is 11.2. The Morgan fingerprint density at radius 3 is 2.67 bits per heavy atom. The number of thiophene rings is 1. The molecule has 1 saturated heterocycles. The molecule has 0 radical (unpaired) electrons. The average molecular weight is 445 g/mol. The summed E-state index contributed by atoms with van der Waals surface area (Å²) in [5.41, 5.74) is 1.80. The number of aryl methyl sites for hydroxylation is 1. The van der Waals surface area contributed by atoms with Gasteiger partial charge in [0.05, 0.1) is 5.39 Å². The standard InChI is InChI=1S/C22H25ClN4O2S/c1-14-17-19(27(3)16-9-11-26(2)12-10-16)24-22(23)25-20(17)30-18(14)21(28)29-13-15-7-5-4-6-8-15/h4-8,16H,9-13H2,1-3H3. The maximum Gasteiger partial charge on any atom is 0.349 e. The summed E-state index contributed by atoms with van der Waals surface area (Å²) in [5, 5.41) is 1.08. The van der Waals surface area contributed by atoms with E-state index >= 15 is 0 Å². The fourth-order valence-corrected chi connectivity index (χ4v) is 5.17. The van der Waals surface area contributed by atoms with Gasteiger partial charge in [-0.2, -0.15) is 4.98 Å². The van der Waals surface area contributed by atoms with Crippen molar-refractivity contribution in [1.29, 1.82) is 0 Å². The van der Waals surface area contributed by atoms with Crippen molar-refractivity contribution in [3.05, 3.63) is 51.6 Å². The van der Waals surface area contributed by atoms with Crippen molar-refractivity contribution in [3.63, 3.8) is 0 Å². The topological polar surface area (TPSA) is 58.6 Å². The van der Waals surface area contributed by atoms with Gasteiger partial charge in [0.2, 0.25) is 5.28 Å². The second kappa shape index (κ2) is 8.88. The molecule has 1 fully saturated rings. The SMILES string of the molecule is Cc1c(C(=O)OCc2ccccc2)sc2nc(Cl)nc(N(C)C3CCN(C)CC3)c12. The van der Waals surface area contributed by atoms with Gasteiger partial charge in [-0.3, -0.25) is 0 Å². The Morgan fingerprint density at radius 1 is 1.27 bits per heavy atom. The molecule has 8 heteroatoms. The van der Waals surface area contributed by atoms with Gasteiger partial charge in [-0.05, 0) is 62.6 Å². The lowest BCUT2D eigenvalue weighted by atomic mass is 10.0. The molecule has 3 aromatic rings. The van der Waals surface area contributed by atoms with Gasteiger partial charge in [-0.1, -0.05) is 30.3 Å². The Labute approximate surface area is 185 Å². The zero-order chi connectivity index (χ0) is 21.3. The predicted molar refractivity (Wildman–Crippen MR) is 122 cm³/mol. The number of nitrogens with zero attached hydrogens (tertiary/aromatic N) is 4. The number of piperidine rings is 1. The highest BCUT2D eigenvalue weighted by Gasteiger charge is 2.27. The number of carbonyl (C=O) groups excluding carboxylic acids is 1. The largest absolute Gasteiger partial charge is 0.457 e. The minimum atomic E-state index is -0.344. The van der Waals surface area contributed by atoms with Gasteiger partial charge in [0.25, 0.3) is 0 Å². The molecular formula is C22H25ClN4O2S. The van der Waals surface area contributed by atoms with Crippen LogP contribution < -0.4 is 4.90 Å². The summed E-state index contributed by atoms with van der Waals surface area (Å²) < 4.78 is 5.55. The number of likely N-dealkylation sites (tertiary alicyclic amines) is 1. The maximum absolute atomic E-state index is 12.8. The highest BCUT2D eigenvalue weighted by Crippen LogP contribution is 2.37. The van der Waals surface area contributed by atoms with E-state index in [2.05, 4.69) is 33.9 Å². The Bertz CT molecular complexity index is 1050. The molecule has 2 aromatic heterocycles. The molecule has 4 rings (SSSR count). The lowest BCUT2D eigenvalue weighted by molar-refractivity contribution is 0.0478. The van der Waals surface area contributed by atoms with E-state index in [0.29, 0.717) is 15.7 Å². The normalized spacial score (nSPS) is 15.5. The first-order chi connectivity index (χ1) is 14.4. The lowest BCUT2D eigenvalue weighted by Gasteiger charge is -2.36. The van der Waals surface area contributed by atoms with Gasteiger partial charge >= 0.3 is 5.97 Å². The van der Waals surface area contributed by atoms with Crippen LogP contribution in [0.15, 0.2) is 30.3 Å². The quantitative estimate of drug-likeness (QED) is 0.425. The molecule has 6 nitrogen and oxygen atoms in total. The van der Waals surface area contributed by atoms with E-state index in [1.165, 1.54) is 11.3 Å². The van der Waals surface area contributed by atoms with E-state index in [-0.39, 0.29) is 17.9 Å². The molecule has 0 bridgehead atoms. The molecule has 30 heavy (non-hydrogen) atoms. The molecule has 0 spiro atoms. The summed E-state index contributed by atoms with van der Waals surface area (Å²) in [6, 6.07) is 10.0.